The molecule has 3 nitrogen and oxygen atoms in total. The number of rotatable bonds is 5. The predicted octanol–water partition coefficient (Wildman–Crippen LogP) is 4.77. The van der Waals surface area contributed by atoms with Crippen LogP contribution in [0.5, 0.6) is 0 Å². The van der Waals surface area contributed by atoms with Crippen molar-refractivity contribution in [2.75, 3.05) is 0 Å². The van der Waals surface area contributed by atoms with Gasteiger partial charge in [0.1, 0.15) is 5.76 Å². The van der Waals surface area contributed by atoms with Crippen LogP contribution in [0.15, 0.2) is 53.1 Å². The van der Waals surface area contributed by atoms with Crippen molar-refractivity contribution in [1.29, 1.82) is 0 Å². The molecule has 0 atom stereocenters. The average Bonchev–Trinajstić information content (AvgIpc) is 3.21. The van der Waals surface area contributed by atoms with E-state index in [1.54, 1.807) is 23.5 Å². The molecule has 6 heteroatoms. The summed E-state index contributed by atoms with van der Waals surface area (Å²) < 4.78 is 32.7. The Labute approximate surface area is 142 Å². The molecule has 0 unspecified atom stereocenters. The van der Waals surface area contributed by atoms with Crippen LogP contribution >= 0.6 is 11.3 Å². The molecule has 0 radical (unpaired) electrons. The maximum Gasteiger partial charge on any atom is 0.257 e. The maximum atomic E-state index is 14.0. The van der Waals surface area contributed by atoms with Gasteiger partial charge in [-0.15, -0.1) is 11.3 Å². The minimum absolute atomic E-state index is 0.179. The first-order valence-electron chi connectivity index (χ1n) is 7.35. The normalized spacial score (nSPS) is 10.8. The fourth-order valence-electron chi connectivity index (χ4n) is 2.39. The van der Waals surface area contributed by atoms with E-state index in [-0.39, 0.29) is 12.1 Å². The van der Waals surface area contributed by atoms with Gasteiger partial charge >= 0.3 is 0 Å². The molecule has 0 bridgehead atoms. The second kappa shape index (κ2) is 6.97. The zero-order chi connectivity index (χ0) is 17.1. The van der Waals surface area contributed by atoms with Crippen molar-refractivity contribution in [3.8, 4) is 0 Å². The highest BCUT2D eigenvalue weighted by atomic mass is 32.1. The molecule has 0 fully saturated rings. The van der Waals surface area contributed by atoms with Gasteiger partial charge in [0.15, 0.2) is 11.6 Å². The van der Waals surface area contributed by atoms with Crippen LogP contribution in [0.2, 0.25) is 0 Å². The Hall–Kier alpha value is -2.47. The summed E-state index contributed by atoms with van der Waals surface area (Å²) in [5.74, 6) is -2.16. The smallest absolute Gasteiger partial charge is 0.257 e. The molecule has 0 saturated heterocycles. The van der Waals surface area contributed by atoms with Gasteiger partial charge in [0, 0.05) is 9.75 Å². The van der Waals surface area contributed by atoms with Gasteiger partial charge in [-0.3, -0.25) is 4.79 Å². The lowest BCUT2D eigenvalue weighted by atomic mass is 10.1. The summed E-state index contributed by atoms with van der Waals surface area (Å²) in [6.45, 7) is 2.45. The summed E-state index contributed by atoms with van der Waals surface area (Å²) in [5, 5.41) is 0. The van der Waals surface area contributed by atoms with Crippen LogP contribution in [-0.2, 0) is 13.1 Å². The fourth-order valence-corrected chi connectivity index (χ4v) is 3.29. The standard InChI is InChI=1S/C18H15F2NO2S/c1-12-7-8-14(24-12)11-21(10-13-4-3-9-23-13)18(22)15-5-2-6-16(19)17(15)20/h2-9H,10-11H2,1H3. The average molecular weight is 347 g/mol. The molecule has 1 aromatic carbocycles. The van der Waals surface area contributed by atoms with Gasteiger partial charge in [-0.2, -0.15) is 0 Å². The molecular formula is C18H15F2NO2S. The number of hydrogen-bond acceptors (Lipinski definition) is 3. The minimum Gasteiger partial charge on any atom is -0.467 e. The number of hydrogen-bond donors (Lipinski definition) is 0. The highest BCUT2D eigenvalue weighted by molar-refractivity contribution is 7.11. The van der Waals surface area contributed by atoms with Crippen molar-refractivity contribution in [3.63, 3.8) is 0 Å². The Morgan fingerprint density at radius 1 is 1.12 bits per heavy atom. The quantitative estimate of drug-likeness (QED) is 0.666. The van der Waals surface area contributed by atoms with E-state index in [0.717, 1.165) is 15.8 Å². The number of furan rings is 1. The molecule has 124 valence electrons. The van der Waals surface area contributed by atoms with Crippen LogP contribution in [0.1, 0.15) is 25.9 Å². The third-order valence-corrected chi connectivity index (χ3v) is 4.52. The number of amides is 1. The highest BCUT2D eigenvalue weighted by Crippen LogP contribution is 2.22. The van der Waals surface area contributed by atoms with E-state index < -0.39 is 17.5 Å². The third kappa shape index (κ3) is 3.54. The second-order valence-corrected chi connectivity index (χ2v) is 6.73. The van der Waals surface area contributed by atoms with Crippen LogP contribution in [0.4, 0.5) is 8.78 Å². The Kier molecular flexibility index (Phi) is 4.76. The van der Waals surface area contributed by atoms with Crippen molar-refractivity contribution < 1.29 is 18.0 Å². The number of halogens is 2. The summed E-state index contributed by atoms with van der Waals surface area (Å²) in [6, 6.07) is 10.9. The molecule has 0 aliphatic heterocycles. The lowest BCUT2D eigenvalue weighted by molar-refractivity contribution is 0.0713. The molecule has 1 amide bonds. The van der Waals surface area contributed by atoms with Crippen LogP contribution in [-0.4, -0.2) is 10.8 Å². The molecule has 3 aromatic rings. The van der Waals surface area contributed by atoms with Crippen molar-refractivity contribution in [1.82, 2.24) is 4.90 Å². The number of carbonyl (C=O) groups is 1. The lowest BCUT2D eigenvalue weighted by Gasteiger charge is -2.21. The topological polar surface area (TPSA) is 33.5 Å². The van der Waals surface area contributed by atoms with Crippen LogP contribution < -0.4 is 0 Å². The second-order valence-electron chi connectivity index (χ2n) is 5.35. The molecule has 2 heterocycles. The van der Waals surface area contributed by atoms with E-state index in [1.165, 1.54) is 23.3 Å². The Morgan fingerprint density at radius 2 is 1.96 bits per heavy atom. The van der Waals surface area contributed by atoms with Gasteiger partial charge in [-0.1, -0.05) is 6.07 Å². The molecule has 2 aromatic heterocycles. The summed E-state index contributed by atoms with van der Waals surface area (Å²) in [6.07, 6.45) is 1.51. The third-order valence-electron chi connectivity index (χ3n) is 3.54. The summed E-state index contributed by atoms with van der Waals surface area (Å²) >= 11 is 1.56. The largest absolute Gasteiger partial charge is 0.467 e. The Bertz CT molecular complexity index is 843. The van der Waals surface area contributed by atoms with E-state index in [4.69, 9.17) is 4.42 Å². The molecule has 3 rings (SSSR count). The number of thiophene rings is 1. The van der Waals surface area contributed by atoms with Gasteiger partial charge in [0.05, 0.1) is 24.9 Å². The Balaban J connectivity index is 1.90. The monoisotopic (exact) mass is 347 g/mol. The van der Waals surface area contributed by atoms with Crippen molar-refractivity contribution >= 4 is 17.2 Å². The molecule has 0 saturated carbocycles. The minimum atomic E-state index is -1.13. The molecule has 0 aliphatic carbocycles. The molecule has 0 aliphatic rings. The Morgan fingerprint density at radius 3 is 2.62 bits per heavy atom. The van der Waals surface area contributed by atoms with E-state index in [2.05, 4.69) is 0 Å². The number of carbonyl (C=O) groups excluding carboxylic acids is 1. The van der Waals surface area contributed by atoms with Gasteiger partial charge in [-0.05, 0) is 43.3 Å². The van der Waals surface area contributed by atoms with Gasteiger partial charge in [-0.25, -0.2) is 8.78 Å². The van der Waals surface area contributed by atoms with Crippen molar-refractivity contribution in [3.05, 3.63) is 81.4 Å². The molecule has 0 N–H and O–H groups in total. The van der Waals surface area contributed by atoms with Gasteiger partial charge in [0.25, 0.3) is 5.91 Å². The first-order valence-corrected chi connectivity index (χ1v) is 8.17. The maximum absolute atomic E-state index is 14.0. The van der Waals surface area contributed by atoms with Gasteiger partial charge < -0.3 is 9.32 Å². The molecule has 0 spiro atoms. The van der Waals surface area contributed by atoms with Crippen LogP contribution in [0.3, 0.4) is 0 Å². The zero-order valence-electron chi connectivity index (χ0n) is 13.0. The summed E-state index contributed by atoms with van der Waals surface area (Å²) in [4.78, 5) is 16.3. The fraction of sp³-hybridized carbons (Fsp3) is 0.167. The van der Waals surface area contributed by atoms with Crippen LogP contribution in [0.25, 0.3) is 0 Å². The lowest BCUT2D eigenvalue weighted by Crippen LogP contribution is -2.30. The van der Waals surface area contributed by atoms with E-state index >= 15 is 0 Å². The number of aryl methyl sites for hydroxylation is 1. The van der Waals surface area contributed by atoms with E-state index in [0.29, 0.717) is 12.3 Å². The summed E-state index contributed by atoms with van der Waals surface area (Å²) in [7, 11) is 0. The SMILES string of the molecule is Cc1ccc(CN(Cc2ccco2)C(=O)c2cccc(F)c2F)s1. The molecule has 24 heavy (non-hydrogen) atoms. The number of benzene rings is 1. The zero-order valence-corrected chi connectivity index (χ0v) is 13.8. The first-order chi connectivity index (χ1) is 11.5. The van der Waals surface area contributed by atoms with E-state index in [9.17, 15) is 13.6 Å². The van der Waals surface area contributed by atoms with E-state index in [1.807, 2.05) is 19.1 Å². The molecular weight excluding hydrogens is 332 g/mol. The van der Waals surface area contributed by atoms with Gasteiger partial charge in [0.2, 0.25) is 0 Å². The predicted molar refractivity (Wildman–Crippen MR) is 87.7 cm³/mol. The first kappa shape index (κ1) is 16.4. The summed E-state index contributed by atoms with van der Waals surface area (Å²) in [5.41, 5.74) is -0.283. The van der Waals surface area contributed by atoms with Crippen molar-refractivity contribution in [2.45, 2.75) is 20.0 Å². The van der Waals surface area contributed by atoms with Crippen LogP contribution in [0, 0.1) is 18.6 Å². The number of nitrogens with zero attached hydrogens (tertiary/aromatic N) is 1. The highest BCUT2D eigenvalue weighted by Gasteiger charge is 2.23. The van der Waals surface area contributed by atoms with Crippen molar-refractivity contribution in [2.24, 2.45) is 0 Å².